The average Bonchev–Trinajstić information content (AvgIpc) is 3.54. The molecule has 2 aromatic rings. The summed E-state index contributed by atoms with van der Waals surface area (Å²) in [5.41, 5.74) is 1.49. The highest BCUT2D eigenvalue weighted by Gasteiger charge is 2.55. The number of amides is 2. The summed E-state index contributed by atoms with van der Waals surface area (Å²) in [5.74, 6) is 1.56. The van der Waals surface area contributed by atoms with Crippen LogP contribution in [0.1, 0.15) is 48.9 Å². The third kappa shape index (κ3) is 5.25. The molecule has 0 bridgehead atoms. The first kappa shape index (κ1) is 26.2. The van der Waals surface area contributed by atoms with Crippen LogP contribution in [0.15, 0.2) is 24.4 Å². The molecule has 1 aromatic carbocycles. The minimum atomic E-state index is -0.309. The topological polar surface area (TPSA) is 129 Å². The lowest BCUT2D eigenvalue weighted by atomic mass is 10.0. The molecule has 2 heterocycles. The van der Waals surface area contributed by atoms with Gasteiger partial charge in [-0.25, -0.2) is 4.98 Å². The van der Waals surface area contributed by atoms with Gasteiger partial charge >= 0.3 is 0 Å². The number of benzene rings is 1. The second-order valence-corrected chi connectivity index (χ2v) is 10.2. The van der Waals surface area contributed by atoms with Gasteiger partial charge in [-0.05, 0) is 43.9 Å². The van der Waals surface area contributed by atoms with Gasteiger partial charge in [0.25, 0.3) is 5.91 Å². The molecule has 3 aliphatic rings. The molecule has 1 aromatic heterocycles. The van der Waals surface area contributed by atoms with Crippen LogP contribution in [0.4, 0.5) is 23.1 Å². The van der Waals surface area contributed by atoms with E-state index in [1.807, 2.05) is 7.05 Å². The molecule has 2 saturated carbocycles. The van der Waals surface area contributed by atoms with Gasteiger partial charge in [0.1, 0.15) is 11.4 Å². The second kappa shape index (κ2) is 11.1. The Labute approximate surface area is 222 Å². The number of carbonyl (C=O) groups is 2. The highest BCUT2D eigenvalue weighted by Crippen LogP contribution is 2.52. The van der Waals surface area contributed by atoms with Crippen molar-refractivity contribution < 1.29 is 24.2 Å². The molecule has 0 saturated heterocycles. The Balaban J connectivity index is 1.36. The first-order valence-electron chi connectivity index (χ1n) is 13.3. The Kier molecular flexibility index (Phi) is 7.66. The Morgan fingerprint density at radius 1 is 1.24 bits per heavy atom. The summed E-state index contributed by atoms with van der Waals surface area (Å²) in [5, 5.41) is 14.8. The summed E-state index contributed by atoms with van der Waals surface area (Å²) in [6, 6.07) is 5.49. The molecule has 1 aliphatic heterocycles. The summed E-state index contributed by atoms with van der Waals surface area (Å²) in [6.45, 7) is 1.53. The maximum atomic E-state index is 13.3. The molecule has 2 aliphatic carbocycles. The number of carbonyl (C=O) groups excluding carboxylic acids is 2. The number of nitrogens with one attached hydrogen (secondary N) is 2. The van der Waals surface area contributed by atoms with Gasteiger partial charge in [-0.1, -0.05) is 12.8 Å². The number of hydrogen-bond acceptors (Lipinski definition) is 9. The highest BCUT2D eigenvalue weighted by molar-refractivity contribution is 6.03. The van der Waals surface area contributed by atoms with Crippen LogP contribution >= 0.6 is 0 Å². The predicted octanol–water partition coefficient (Wildman–Crippen LogP) is 2.47. The maximum Gasteiger partial charge on any atom is 0.251 e. The van der Waals surface area contributed by atoms with E-state index < -0.39 is 0 Å². The number of nitrogens with zero attached hydrogens (tertiary/aromatic N) is 4. The first-order valence-corrected chi connectivity index (χ1v) is 13.3. The van der Waals surface area contributed by atoms with Gasteiger partial charge in [0.2, 0.25) is 11.9 Å². The van der Waals surface area contributed by atoms with Crippen molar-refractivity contribution in [2.75, 3.05) is 62.2 Å². The van der Waals surface area contributed by atoms with Crippen molar-refractivity contribution in [3.05, 3.63) is 30.0 Å². The van der Waals surface area contributed by atoms with Gasteiger partial charge in [0.15, 0.2) is 5.82 Å². The number of aliphatic hydroxyl groups excluding tert-OH is 1. The van der Waals surface area contributed by atoms with Crippen LogP contribution in [0.5, 0.6) is 5.75 Å². The number of aromatic nitrogens is 2. The van der Waals surface area contributed by atoms with Crippen molar-refractivity contribution >= 4 is 35.0 Å². The van der Waals surface area contributed by atoms with E-state index in [2.05, 4.69) is 20.5 Å². The van der Waals surface area contributed by atoms with E-state index in [1.165, 1.54) is 12.8 Å². The third-order valence-corrected chi connectivity index (χ3v) is 7.71. The van der Waals surface area contributed by atoms with Crippen molar-refractivity contribution in [1.29, 1.82) is 0 Å². The summed E-state index contributed by atoms with van der Waals surface area (Å²) < 4.78 is 10.7. The molecular formula is C27H36N6O5. The van der Waals surface area contributed by atoms with Gasteiger partial charge in [0.05, 0.1) is 44.2 Å². The molecule has 0 unspecified atom stereocenters. The lowest BCUT2D eigenvalue weighted by molar-refractivity contribution is -0.122. The Hall–Kier alpha value is -3.44. The molecule has 5 rings (SSSR count). The Bertz CT molecular complexity index is 1180. The average molecular weight is 525 g/mol. The van der Waals surface area contributed by atoms with Crippen LogP contribution in [-0.4, -0.2) is 80.0 Å². The number of ether oxygens (including phenoxy) is 2. The minimum Gasteiger partial charge on any atom is -0.495 e. The summed E-state index contributed by atoms with van der Waals surface area (Å²) in [6.07, 6.45) is 8.14. The smallest absolute Gasteiger partial charge is 0.251 e. The molecule has 204 valence electrons. The van der Waals surface area contributed by atoms with Crippen LogP contribution in [0, 0.1) is 5.41 Å². The molecule has 3 N–H and O–H groups in total. The maximum absolute atomic E-state index is 13.3. The minimum absolute atomic E-state index is 0.0538. The quantitative estimate of drug-likeness (QED) is 0.402. The highest BCUT2D eigenvalue weighted by atomic mass is 16.5. The standard InChI is InChI=1S/C27H36N6O5/c1-32-21-16-29-26(31-23(21)33(19-5-3-4-6-19)17-27(9-10-27)25(32)36)30-20-8-7-18(15-22(20)37-2)24(35)28-11-13-38-14-12-34/h7-8,15-16,19,34H,3-6,9-14,17H2,1-2H3,(H,28,35)(H,29,30,31). The van der Waals surface area contributed by atoms with Gasteiger partial charge in [-0.3, -0.25) is 9.59 Å². The van der Waals surface area contributed by atoms with Crippen molar-refractivity contribution in [3.63, 3.8) is 0 Å². The van der Waals surface area contributed by atoms with E-state index in [0.717, 1.165) is 37.2 Å². The van der Waals surface area contributed by atoms with E-state index >= 15 is 0 Å². The summed E-state index contributed by atoms with van der Waals surface area (Å²) in [4.78, 5) is 39.3. The van der Waals surface area contributed by atoms with Crippen LogP contribution in [-0.2, 0) is 9.53 Å². The van der Waals surface area contributed by atoms with Gasteiger partial charge in [-0.15, -0.1) is 0 Å². The lowest BCUT2D eigenvalue weighted by Crippen LogP contribution is -2.41. The molecule has 38 heavy (non-hydrogen) atoms. The van der Waals surface area contributed by atoms with Crippen LogP contribution < -0.4 is 25.2 Å². The van der Waals surface area contributed by atoms with Crippen LogP contribution in [0.3, 0.4) is 0 Å². The number of fused-ring (bicyclic) bond motifs is 1. The van der Waals surface area contributed by atoms with Crippen molar-refractivity contribution in [3.8, 4) is 5.75 Å². The monoisotopic (exact) mass is 524 g/mol. The largest absolute Gasteiger partial charge is 0.495 e. The normalized spacial score (nSPS) is 18.3. The molecule has 0 atom stereocenters. The zero-order valence-electron chi connectivity index (χ0n) is 22.0. The fraction of sp³-hybridized carbons (Fsp3) is 0.556. The van der Waals surface area contributed by atoms with E-state index in [1.54, 1.807) is 36.4 Å². The zero-order chi connectivity index (χ0) is 26.7. The fourth-order valence-corrected chi connectivity index (χ4v) is 5.41. The van der Waals surface area contributed by atoms with Gasteiger partial charge in [0, 0.05) is 31.7 Å². The van der Waals surface area contributed by atoms with E-state index in [0.29, 0.717) is 48.7 Å². The molecule has 11 nitrogen and oxygen atoms in total. The van der Waals surface area contributed by atoms with Crippen molar-refractivity contribution in [2.24, 2.45) is 5.41 Å². The number of anilines is 4. The first-order chi connectivity index (χ1) is 18.5. The van der Waals surface area contributed by atoms with Crippen molar-refractivity contribution in [1.82, 2.24) is 15.3 Å². The Morgan fingerprint density at radius 3 is 2.74 bits per heavy atom. The second-order valence-electron chi connectivity index (χ2n) is 10.2. The van der Waals surface area contributed by atoms with Crippen LogP contribution in [0.25, 0.3) is 0 Å². The van der Waals surface area contributed by atoms with Crippen molar-refractivity contribution in [2.45, 2.75) is 44.6 Å². The molecule has 0 radical (unpaired) electrons. The molecule has 2 amide bonds. The molecule has 1 spiro atoms. The number of rotatable bonds is 10. The SMILES string of the molecule is COc1cc(C(=O)NCCOCCO)ccc1Nc1ncc2c(n1)N(C1CCCC1)CC1(CC1)C(=O)N2C. The van der Waals surface area contributed by atoms with E-state index in [9.17, 15) is 9.59 Å². The van der Waals surface area contributed by atoms with E-state index in [4.69, 9.17) is 19.6 Å². The lowest BCUT2D eigenvalue weighted by Gasteiger charge is -2.31. The number of methoxy groups -OCH3 is 1. The van der Waals surface area contributed by atoms with Gasteiger partial charge < -0.3 is 35.0 Å². The summed E-state index contributed by atoms with van der Waals surface area (Å²) >= 11 is 0. The predicted molar refractivity (Wildman–Crippen MR) is 143 cm³/mol. The van der Waals surface area contributed by atoms with Crippen LogP contribution in [0.2, 0.25) is 0 Å². The Morgan fingerprint density at radius 2 is 2.03 bits per heavy atom. The van der Waals surface area contributed by atoms with Gasteiger partial charge in [-0.2, -0.15) is 4.98 Å². The molecule has 11 heteroatoms. The number of hydrogen-bond donors (Lipinski definition) is 3. The van der Waals surface area contributed by atoms with E-state index in [-0.39, 0.29) is 30.4 Å². The zero-order valence-corrected chi connectivity index (χ0v) is 22.0. The molecule has 2 fully saturated rings. The summed E-state index contributed by atoms with van der Waals surface area (Å²) in [7, 11) is 3.36. The number of aliphatic hydroxyl groups is 1. The molecular weight excluding hydrogens is 488 g/mol. The fourth-order valence-electron chi connectivity index (χ4n) is 5.41. The third-order valence-electron chi connectivity index (χ3n) is 7.71.